The van der Waals surface area contributed by atoms with Gasteiger partial charge in [0.15, 0.2) is 6.04 Å². The summed E-state index contributed by atoms with van der Waals surface area (Å²) in [7, 11) is 0. The fourth-order valence-electron chi connectivity index (χ4n) is 2.85. The number of nitrogens with zero attached hydrogens (tertiary/aromatic N) is 1. The van der Waals surface area contributed by atoms with E-state index < -0.39 is 23.5 Å². The molecule has 132 valence electrons. The van der Waals surface area contributed by atoms with Crippen molar-refractivity contribution in [1.29, 1.82) is 0 Å². The zero-order chi connectivity index (χ0) is 17.5. The number of hydrogen-bond acceptors (Lipinski definition) is 5. The largest absolute Gasteiger partial charge is 0.458 e. The predicted octanol–water partition coefficient (Wildman–Crippen LogP) is 2.86. The van der Waals surface area contributed by atoms with Gasteiger partial charge in [0, 0.05) is 12.8 Å². The van der Waals surface area contributed by atoms with Crippen LogP contribution in [0.5, 0.6) is 0 Å². The Bertz CT molecular complexity index is 410. The highest BCUT2D eigenvalue weighted by Gasteiger charge is 2.32. The second-order valence-electron chi connectivity index (χ2n) is 7.23. The summed E-state index contributed by atoms with van der Waals surface area (Å²) < 4.78 is 5.17. The zero-order valence-electron chi connectivity index (χ0n) is 14.4. The molecule has 23 heavy (non-hydrogen) atoms. The van der Waals surface area contributed by atoms with E-state index in [9.17, 15) is 19.6 Å². The first-order chi connectivity index (χ1) is 10.7. The Morgan fingerprint density at radius 1 is 1.26 bits per heavy atom. The van der Waals surface area contributed by atoms with Gasteiger partial charge in [-0.25, -0.2) is 9.86 Å². The van der Waals surface area contributed by atoms with E-state index in [4.69, 9.17) is 4.74 Å². The van der Waals surface area contributed by atoms with E-state index in [0.29, 0.717) is 23.7 Å². The van der Waals surface area contributed by atoms with E-state index >= 15 is 0 Å². The summed E-state index contributed by atoms with van der Waals surface area (Å²) >= 11 is 0. The van der Waals surface area contributed by atoms with Crippen LogP contribution in [0.25, 0.3) is 0 Å². The molecule has 0 spiro atoms. The van der Waals surface area contributed by atoms with Crippen LogP contribution in [0.2, 0.25) is 0 Å². The molecular weight excluding hydrogens is 298 g/mol. The second kappa shape index (κ2) is 9.01. The molecule has 1 aliphatic rings. The van der Waals surface area contributed by atoms with Gasteiger partial charge in [-0.15, -0.1) is 0 Å². The van der Waals surface area contributed by atoms with Crippen molar-refractivity contribution < 1.29 is 24.3 Å². The number of hydroxylamine groups is 2. The molecule has 1 fully saturated rings. The summed E-state index contributed by atoms with van der Waals surface area (Å²) in [6.45, 7) is 5.07. The lowest BCUT2D eigenvalue weighted by atomic mass is 9.86. The quantitative estimate of drug-likeness (QED) is 0.336. The van der Waals surface area contributed by atoms with Crippen LogP contribution < -0.4 is 0 Å². The van der Waals surface area contributed by atoms with E-state index in [1.807, 2.05) is 0 Å². The third-order valence-electron chi connectivity index (χ3n) is 4.04. The minimum atomic E-state index is -1.27. The maximum absolute atomic E-state index is 12.1. The fraction of sp³-hybridized carbons (Fsp3) is 0.824. The SMILES string of the molecule is CC(C)(C)OC(=O)C(CC=O)N(O)C(=O)CCC1CCCCC1. The van der Waals surface area contributed by atoms with Crippen LogP contribution in [0.4, 0.5) is 0 Å². The molecule has 0 bridgehead atoms. The van der Waals surface area contributed by atoms with Gasteiger partial charge in [-0.05, 0) is 33.1 Å². The highest BCUT2D eigenvalue weighted by molar-refractivity contribution is 5.85. The van der Waals surface area contributed by atoms with E-state index in [-0.39, 0.29) is 12.8 Å². The first kappa shape index (κ1) is 19.6. The van der Waals surface area contributed by atoms with E-state index in [1.165, 1.54) is 19.3 Å². The molecule has 6 heteroatoms. The van der Waals surface area contributed by atoms with Crippen LogP contribution >= 0.6 is 0 Å². The Morgan fingerprint density at radius 3 is 2.39 bits per heavy atom. The monoisotopic (exact) mass is 327 g/mol. The molecule has 1 aliphatic carbocycles. The molecule has 0 aromatic carbocycles. The number of hydrogen-bond donors (Lipinski definition) is 1. The van der Waals surface area contributed by atoms with Gasteiger partial charge in [-0.2, -0.15) is 0 Å². The molecule has 1 saturated carbocycles. The predicted molar refractivity (Wildman–Crippen MR) is 84.8 cm³/mol. The number of aldehydes is 1. The highest BCUT2D eigenvalue weighted by atomic mass is 16.6. The van der Waals surface area contributed by atoms with Crippen molar-refractivity contribution in [3.63, 3.8) is 0 Å². The molecule has 1 amide bonds. The Labute approximate surface area is 138 Å². The summed E-state index contributed by atoms with van der Waals surface area (Å²) in [6.07, 6.45) is 6.96. The van der Waals surface area contributed by atoms with Crippen LogP contribution in [0.15, 0.2) is 0 Å². The average Bonchev–Trinajstić information content (AvgIpc) is 2.48. The van der Waals surface area contributed by atoms with Crippen LogP contribution in [0, 0.1) is 5.92 Å². The van der Waals surface area contributed by atoms with Crippen LogP contribution in [0.3, 0.4) is 0 Å². The molecule has 0 aromatic heterocycles. The molecule has 6 nitrogen and oxygen atoms in total. The number of carbonyl (C=O) groups is 3. The van der Waals surface area contributed by atoms with Gasteiger partial charge in [0.05, 0.1) is 0 Å². The fourth-order valence-corrected chi connectivity index (χ4v) is 2.85. The topological polar surface area (TPSA) is 83.9 Å². The number of amides is 1. The van der Waals surface area contributed by atoms with Crippen LogP contribution in [-0.2, 0) is 19.1 Å². The molecule has 0 heterocycles. The summed E-state index contributed by atoms with van der Waals surface area (Å²) in [5.74, 6) is -0.793. The molecule has 0 aliphatic heterocycles. The Balaban J connectivity index is 2.57. The van der Waals surface area contributed by atoms with Gasteiger partial charge in [-0.1, -0.05) is 32.1 Å². The maximum Gasteiger partial charge on any atom is 0.332 e. The van der Waals surface area contributed by atoms with Crippen molar-refractivity contribution in [2.75, 3.05) is 0 Å². The van der Waals surface area contributed by atoms with E-state index in [1.54, 1.807) is 20.8 Å². The standard InChI is InChI=1S/C17H29NO5/c1-17(2,3)23-16(21)14(11-12-19)18(22)15(20)10-9-13-7-5-4-6-8-13/h12-14,22H,4-11H2,1-3H3. The first-order valence-corrected chi connectivity index (χ1v) is 8.42. The van der Waals surface area contributed by atoms with Gasteiger partial charge in [0.2, 0.25) is 5.91 Å². The molecule has 0 saturated heterocycles. The zero-order valence-corrected chi connectivity index (χ0v) is 14.4. The Morgan fingerprint density at radius 2 is 1.87 bits per heavy atom. The number of ether oxygens (including phenoxy) is 1. The highest BCUT2D eigenvalue weighted by Crippen LogP contribution is 2.27. The first-order valence-electron chi connectivity index (χ1n) is 8.42. The Kier molecular flexibility index (Phi) is 7.68. The summed E-state index contributed by atoms with van der Waals surface area (Å²) in [5, 5.41) is 10.4. The van der Waals surface area contributed by atoms with E-state index in [2.05, 4.69) is 0 Å². The molecule has 1 N–H and O–H groups in total. The average molecular weight is 327 g/mol. The molecule has 1 rings (SSSR count). The molecule has 0 aromatic rings. The summed E-state index contributed by atoms with van der Waals surface area (Å²) in [4.78, 5) is 35.0. The molecule has 0 radical (unpaired) electrons. The van der Waals surface area contributed by atoms with Crippen molar-refractivity contribution in [3.05, 3.63) is 0 Å². The molecule has 1 atom stereocenters. The second-order valence-corrected chi connectivity index (χ2v) is 7.23. The van der Waals surface area contributed by atoms with Gasteiger partial charge >= 0.3 is 5.97 Å². The van der Waals surface area contributed by atoms with Crippen molar-refractivity contribution in [2.45, 2.75) is 83.8 Å². The smallest absolute Gasteiger partial charge is 0.332 e. The Hall–Kier alpha value is -1.43. The van der Waals surface area contributed by atoms with Crippen molar-refractivity contribution in [1.82, 2.24) is 5.06 Å². The minimum absolute atomic E-state index is 0.180. The van der Waals surface area contributed by atoms with Crippen molar-refractivity contribution >= 4 is 18.2 Å². The third-order valence-corrected chi connectivity index (χ3v) is 4.04. The van der Waals surface area contributed by atoms with Crippen molar-refractivity contribution in [3.8, 4) is 0 Å². The molecular formula is C17H29NO5. The lowest BCUT2D eigenvalue weighted by Crippen LogP contribution is -2.46. The van der Waals surface area contributed by atoms with Crippen molar-refractivity contribution in [2.24, 2.45) is 5.92 Å². The van der Waals surface area contributed by atoms with Gasteiger partial charge in [-0.3, -0.25) is 10.0 Å². The lowest BCUT2D eigenvalue weighted by Gasteiger charge is -2.28. The van der Waals surface area contributed by atoms with E-state index in [0.717, 1.165) is 12.8 Å². The van der Waals surface area contributed by atoms with Gasteiger partial charge in [0.1, 0.15) is 11.9 Å². The molecule has 1 unspecified atom stereocenters. The number of esters is 1. The summed E-state index contributed by atoms with van der Waals surface area (Å²) in [5.41, 5.74) is -0.746. The van der Waals surface area contributed by atoms with Crippen LogP contribution in [0.1, 0.15) is 72.1 Å². The lowest BCUT2D eigenvalue weighted by molar-refractivity contribution is -0.194. The third kappa shape index (κ3) is 7.12. The minimum Gasteiger partial charge on any atom is -0.458 e. The summed E-state index contributed by atoms with van der Waals surface area (Å²) in [6, 6.07) is -1.27. The maximum atomic E-state index is 12.1. The van der Waals surface area contributed by atoms with Gasteiger partial charge < -0.3 is 9.53 Å². The number of carbonyl (C=O) groups excluding carboxylic acids is 3. The normalized spacial score (nSPS) is 17.4. The number of rotatable bonds is 7. The van der Waals surface area contributed by atoms with Gasteiger partial charge in [0.25, 0.3) is 0 Å². The van der Waals surface area contributed by atoms with Crippen LogP contribution in [-0.4, -0.2) is 40.1 Å².